The average Bonchev–Trinajstić information content (AvgIpc) is 2.44. The highest BCUT2D eigenvalue weighted by molar-refractivity contribution is 9.10. The molecule has 0 saturated heterocycles. The Hall–Kier alpha value is -0.470. The predicted octanol–water partition coefficient (Wildman–Crippen LogP) is 2.26. The molecule has 0 saturated carbocycles. The number of methoxy groups -OCH3 is 1. The maximum atomic E-state index is 12.2. The molecule has 2 N–H and O–H groups in total. The maximum Gasteiger partial charge on any atom is 0.241 e. The van der Waals surface area contributed by atoms with Crippen LogP contribution in [-0.2, 0) is 21.3 Å². The molecule has 1 aromatic rings. The Morgan fingerprint density at radius 2 is 2.05 bits per heavy atom. The summed E-state index contributed by atoms with van der Waals surface area (Å²) in [6.07, 6.45) is 1.59. The summed E-state index contributed by atoms with van der Waals surface area (Å²) in [6.45, 7) is 4.68. The van der Waals surface area contributed by atoms with Gasteiger partial charge in [0.25, 0.3) is 0 Å². The van der Waals surface area contributed by atoms with E-state index in [0.29, 0.717) is 17.6 Å². The van der Waals surface area contributed by atoms with Crippen LogP contribution in [0.2, 0.25) is 0 Å². The molecule has 5 nitrogen and oxygen atoms in total. The standard InChI is InChI=1S/C14H23BrN2O3S/c1-3-16-11-12-6-7-14(13(15)10-12)21(18,19)17-8-4-5-9-20-2/h6-7,10,16-17H,3-5,8-9,11H2,1-2H3. The Morgan fingerprint density at radius 3 is 2.67 bits per heavy atom. The Labute approximate surface area is 135 Å². The minimum Gasteiger partial charge on any atom is -0.385 e. The van der Waals surface area contributed by atoms with E-state index in [-0.39, 0.29) is 4.90 Å². The number of ether oxygens (including phenoxy) is 1. The minimum absolute atomic E-state index is 0.273. The topological polar surface area (TPSA) is 67.4 Å². The highest BCUT2D eigenvalue weighted by Gasteiger charge is 2.17. The lowest BCUT2D eigenvalue weighted by molar-refractivity contribution is 0.193. The van der Waals surface area contributed by atoms with Gasteiger partial charge in [-0.2, -0.15) is 0 Å². The van der Waals surface area contributed by atoms with Crippen LogP contribution in [-0.4, -0.2) is 35.2 Å². The minimum atomic E-state index is -3.47. The van der Waals surface area contributed by atoms with Crippen molar-refractivity contribution in [3.8, 4) is 0 Å². The average molecular weight is 379 g/mol. The zero-order valence-corrected chi connectivity index (χ0v) is 14.9. The summed E-state index contributed by atoms with van der Waals surface area (Å²) in [7, 11) is -1.84. The number of benzene rings is 1. The normalized spacial score (nSPS) is 11.8. The highest BCUT2D eigenvalue weighted by atomic mass is 79.9. The molecule has 0 aliphatic rings. The third-order valence-corrected chi connectivity index (χ3v) is 5.37. The zero-order valence-electron chi connectivity index (χ0n) is 12.5. The first-order chi connectivity index (χ1) is 10.0. The van der Waals surface area contributed by atoms with Crippen LogP contribution >= 0.6 is 15.9 Å². The summed E-state index contributed by atoms with van der Waals surface area (Å²) < 4.78 is 32.6. The Morgan fingerprint density at radius 1 is 1.29 bits per heavy atom. The van der Waals surface area contributed by atoms with Crippen molar-refractivity contribution >= 4 is 26.0 Å². The van der Waals surface area contributed by atoms with Gasteiger partial charge in [0.1, 0.15) is 0 Å². The molecule has 0 heterocycles. The first-order valence-electron chi connectivity index (χ1n) is 6.99. The predicted molar refractivity (Wildman–Crippen MR) is 87.8 cm³/mol. The molecule has 0 atom stereocenters. The smallest absolute Gasteiger partial charge is 0.241 e. The lowest BCUT2D eigenvalue weighted by Gasteiger charge is -2.10. The van der Waals surface area contributed by atoms with Gasteiger partial charge in [-0.1, -0.05) is 13.0 Å². The fourth-order valence-electron chi connectivity index (χ4n) is 1.80. The second-order valence-corrected chi connectivity index (χ2v) is 7.23. The molecule has 0 amide bonds. The number of hydrogen-bond donors (Lipinski definition) is 2. The molecular weight excluding hydrogens is 356 g/mol. The fraction of sp³-hybridized carbons (Fsp3) is 0.571. The van der Waals surface area contributed by atoms with E-state index in [4.69, 9.17) is 4.74 Å². The fourth-order valence-corrected chi connectivity index (χ4v) is 3.99. The van der Waals surface area contributed by atoms with Crippen LogP contribution in [0.4, 0.5) is 0 Å². The van der Waals surface area contributed by atoms with E-state index in [1.54, 1.807) is 13.2 Å². The van der Waals surface area contributed by atoms with Crippen LogP contribution in [0.3, 0.4) is 0 Å². The summed E-state index contributed by atoms with van der Waals surface area (Å²) >= 11 is 3.34. The third-order valence-electron chi connectivity index (χ3n) is 2.93. The molecule has 0 spiro atoms. The van der Waals surface area contributed by atoms with E-state index in [2.05, 4.69) is 26.0 Å². The summed E-state index contributed by atoms with van der Waals surface area (Å²) in [4.78, 5) is 0.273. The van der Waals surface area contributed by atoms with Crippen molar-refractivity contribution in [2.75, 3.05) is 26.8 Å². The van der Waals surface area contributed by atoms with E-state index in [9.17, 15) is 8.42 Å². The maximum absolute atomic E-state index is 12.2. The van der Waals surface area contributed by atoms with Gasteiger partial charge in [-0.3, -0.25) is 0 Å². The van der Waals surface area contributed by atoms with Crippen molar-refractivity contribution in [1.29, 1.82) is 0 Å². The SMILES string of the molecule is CCNCc1ccc(S(=O)(=O)NCCCCOC)c(Br)c1. The van der Waals surface area contributed by atoms with Crippen molar-refractivity contribution in [3.63, 3.8) is 0 Å². The van der Waals surface area contributed by atoms with E-state index < -0.39 is 10.0 Å². The molecule has 21 heavy (non-hydrogen) atoms. The monoisotopic (exact) mass is 378 g/mol. The third kappa shape index (κ3) is 6.44. The Balaban J connectivity index is 2.65. The molecule has 1 rings (SSSR count). The second-order valence-electron chi connectivity index (χ2n) is 4.64. The largest absolute Gasteiger partial charge is 0.385 e. The van der Waals surface area contributed by atoms with Crippen LogP contribution in [0.5, 0.6) is 0 Å². The lowest BCUT2D eigenvalue weighted by atomic mass is 10.2. The lowest BCUT2D eigenvalue weighted by Crippen LogP contribution is -2.25. The van der Waals surface area contributed by atoms with Crippen molar-refractivity contribution in [2.45, 2.75) is 31.2 Å². The van der Waals surface area contributed by atoms with Crippen molar-refractivity contribution in [1.82, 2.24) is 10.0 Å². The molecule has 120 valence electrons. The quantitative estimate of drug-likeness (QED) is 0.612. The number of nitrogens with one attached hydrogen (secondary N) is 2. The van der Waals surface area contributed by atoms with E-state index in [1.165, 1.54) is 0 Å². The van der Waals surface area contributed by atoms with Gasteiger partial charge in [0.05, 0.1) is 4.90 Å². The van der Waals surface area contributed by atoms with Crippen molar-refractivity contribution < 1.29 is 13.2 Å². The Kier molecular flexibility index (Phi) is 8.43. The van der Waals surface area contributed by atoms with Crippen molar-refractivity contribution in [3.05, 3.63) is 28.2 Å². The van der Waals surface area contributed by atoms with Crippen LogP contribution in [0.1, 0.15) is 25.3 Å². The molecule has 0 aliphatic carbocycles. The molecule has 0 radical (unpaired) electrons. The van der Waals surface area contributed by atoms with Crippen LogP contribution in [0.25, 0.3) is 0 Å². The summed E-state index contributed by atoms with van der Waals surface area (Å²) in [6, 6.07) is 5.29. The van der Waals surface area contributed by atoms with Gasteiger partial charge >= 0.3 is 0 Å². The van der Waals surface area contributed by atoms with Gasteiger partial charge in [0, 0.05) is 31.3 Å². The zero-order chi connectivity index (χ0) is 15.7. The molecule has 0 fully saturated rings. The van der Waals surface area contributed by atoms with Gasteiger partial charge in [-0.25, -0.2) is 13.1 Å². The first-order valence-corrected chi connectivity index (χ1v) is 9.26. The number of sulfonamides is 1. The van der Waals surface area contributed by atoms with Gasteiger partial charge in [-0.15, -0.1) is 0 Å². The number of rotatable bonds is 10. The molecule has 0 bridgehead atoms. The Bertz CT molecular complexity index is 535. The van der Waals surface area contributed by atoms with Crippen LogP contribution < -0.4 is 10.0 Å². The van der Waals surface area contributed by atoms with E-state index >= 15 is 0 Å². The molecule has 7 heteroatoms. The van der Waals surface area contributed by atoms with Gasteiger partial charge in [0.2, 0.25) is 10.0 Å². The van der Waals surface area contributed by atoms with Crippen LogP contribution in [0.15, 0.2) is 27.6 Å². The molecule has 0 aromatic heterocycles. The molecule has 0 unspecified atom stereocenters. The molecular formula is C14H23BrN2O3S. The van der Waals surface area contributed by atoms with Crippen molar-refractivity contribution in [2.24, 2.45) is 0 Å². The van der Waals surface area contributed by atoms with Gasteiger partial charge < -0.3 is 10.1 Å². The second kappa shape index (κ2) is 9.53. The first kappa shape index (κ1) is 18.6. The molecule has 1 aromatic carbocycles. The van der Waals surface area contributed by atoms with Gasteiger partial charge in [0.15, 0.2) is 0 Å². The van der Waals surface area contributed by atoms with E-state index in [1.807, 2.05) is 19.1 Å². The summed E-state index contributed by atoms with van der Waals surface area (Å²) in [5.74, 6) is 0. The summed E-state index contributed by atoms with van der Waals surface area (Å²) in [5.41, 5.74) is 1.04. The van der Waals surface area contributed by atoms with Gasteiger partial charge in [-0.05, 0) is 53.0 Å². The number of unbranched alkanes of at least 4 members (excludes halogenated alkanes) is 1. The van der Waals surface area contributed by atoms with Crippen LogP contribution in [0, 0.1) is 0 Å². The van der Waals surface area contributed by atoms with E-state index in [0.717, 1.165) is 31.5 Å². The summed E-state index contributed by atoms with van der Waals surface area (Å²) in [5, 5.41) is 3.21. The molecule has 0 aliphatic heterocycles. The number of hydrogen-bond acceptors (Lipinski definition) is 4. The number of halogens is 1. The highest BCUT2D eigenvalue weighted by Crippen LogP contribution is 2.23.